The van der Waals surface area contributed by atoms with Gasteiger partial charge in [0.15, 0.2) is 0 Å². The van der Waals surface area contributed by atoms with Crippen molar-refractivity contribution in [2.45, 2.75) is 13.0 Å². The van der Waals surface area contributed by atoms with Crippen molar-refractivity contribution in [3.05, 3.63) is 53.6 Å². The van der Waals surface area contributed by atoms with Gasteiger partial charge < -0.3 is 4.90 Å². The van der Waals surface area contributed by atoms with Crippen molar-refractivity contribution in [2.75, 3.05) is 20.6 Å². The van der Waals surface area contributed by atoms with Gasteiger partial charge in [-0.2, -0.15) is 5.10 Å². The maximum Gasteiger partial charge on any atom is 0.100 e. The first kappa shape index (κ1) is 15.1. The van der Waals surface area contributed by atoms with Gasteiger partial charge in [0.25, 0.3) is 0 Å². The normalized spacial score (nSPS) is 11.5. The van der Waals surface area contributed by atoms with E-state index < -0.39 is 0 Å². The topological polar surface area (TPSA) is 21.1 Å². The number of benzene rings is 2. The SMILES string of the molecule is CN(C)CCCn1nc(-c2ccccc2)c2cc(Cl)ccc21. The van der Waals surface area contributed by atoms with Crippen LogP contribution in [0.3, 0.4) is 0 Å². The summed E-state index contributed by atoms with van der Waals surface area (Å²) < 4.78 is 2.09. The fourth-order valence-corrected chi connectivity index (χ4v) is 2.84. The second-order valence-corrected chi connectivity index (χ2v) is 6.19. The lowest BCUT2D eigenvalue weighted by Gasteiger charge is -2.09. The van der Waals surface area contributed by atoms with Gasteiger partial charge in [0.05, 0.1) is 5.52 Å². The summed E-state index contributed by atoms with van der Waals surface area (Å²) in [6.45, 7) is 1.96. The third kappa shape index (κ3) is 3.16. The van der Waals surface area contributed by atoms with Crippen molar-refractivity contribution in [1.29, 1.82) is 0 Å². The highest BCUT2D eigenvalue weighted by atomic mass is 35.5. The maximum atomic E-state index is 6.19. The first-order valence-corrected chi connectivity index (χ1v) is 7.89. The fourth-order valence-electron chi connectivity index (χ4n) is 2.67. The zero-order chi connectivity index (χ0) is 15.5. The molecule has 0 aliphatic rings. The lowest BCUT2D eigenvalue weighted by Crippen LogP contribution is -2.15. The van der Waals surface area contributed by atoms with E-state index in [1.54, 1.807) is 0 Å². The highest BCUT2D eigenvalue weighted by Crippen LogP contribution is 2.30. The number of fused-ring (bicyclic) bond motifs is 1. The van der Waals surface area contributed by atoms with E-state index in [0.717, 1.165) is 46.7 Å². The molecule has 114 valence electrons. The molecule has 0 unspecified atom stereocenters. The summed E-state index contributed by atoms with van der Waals surface area (Å²) in [5, 5.41) is 6.70. The minimum Gasteiger partial charge on any atom is -0.309 e. The molecule has 3 rings (SSSR count). The van der Waals surface area contributed by atoms with E-state index >= 15 is 0 Å². The Morgan fingerprint density at radius 3 is 2.59 bits per heavy atom. The first-order chi connectivity index (χ1) is 10.6. The molecule has 3 aromatic rings. The van der Waals surface area contributed by atoms with Crippen LogP contribution in [0.15, 0.2) is 48.5 Å². The van der Waals surface area contributed by atoms with Crippen LogP contribution in [0, 0.1) is 0 Å². The number of aryl methyl sites for hydroxylation is 1. The minimum atomic E-state index is 0.748. The molecule has 0 aliphatic carbocycles. The van der Waals surface area contributed by atoms with Gasteiger partial charge in [-0.1, -0.05) is 41.9 Å². The molecule has 22 heavy (non-hydrogen) atoms. The number of nitrogens with zero attached hydrogens (tertiary/aromatic N) is 3. The number of hydrogen-bond acceptors (Lipinski definition) is 2. The average Bonchev–Trinajstić information content (AvgIpc) is 2.86. The summed E-state index contributed by atoms with van der Waals surface area (Å²) in [6.07, 6.45) is 1.07. The molecule has 0 aliphatic heterocycles. The van der Waals surface area contributed by atoms with E-state index in [2.05, 4.69) is 41.9 Å². The Kier molecular flexibility index (Phi) is 4.46. The molecule has 0 bridgehead atoms. The number of rotatable bonds is 5. The molecule has 3 nitrogen and oxygen atoms in total. The Hall–Kier alpha value is -1.84. The quantitative estimate of drug-likeness (QED) is 0.700. The highest BCUT2D eigenvalue weighted by molar-refractivity contribution is 6.31. The van der Waals surface area contributed by atoms with Crippen LogP contribution >= 0.6 is 11.6 Å². The lowest BCUT2D eigenvalue weighted by atomic mass is 10.1. The van der Waals surface area contributed by atoms with E-state index in [-0.39, 0.29) is 0 Å². The molecule has 0 atom stereocenters. The van der Waals surface area contributed by atoms with E-state index in [1.807, 2.05) is 30.3 Å². The van der Waals surface area contributed by atoms with E-state index in [4.69, 9.17) is 16.7 Å². The molecule has 0 saturated heterocycles. The zero-order valence-corrected chi connectivity index (χ0v) is 13.7. The maximum absolute atomic E-state index is 6.19. The fraction of sp³-hybridized carbons (Fsp3) is 0.278. The molecule has 0 amide bonds. The van der Waals surface area contributed by atoms with Crippen LogP contribution < -0.4 is 0 Å². The van der Waals surface area contributed by atoms with Gasteiger partial charge in [-0.05, 0) is 45.3 Å². The van der Waals surface area contributed by atoms with E-state index in [1.165, 1.54) is 0 Å². The van der Waals surface area contributed by atoms with Crippen molar-refractivity contribution in [2.24, 2.45) is 0 Å². The summed E-state index contributed by atoms with van der Waals surface area (Å²) in [4.78, 5) is 2.20. The van der Waals surface area contributed by atoms with Crippen LogP contribution in [0.5, 0.6) is 0 Å². The molecule has 4 heteroatoms. The molecule has 1 heterocycles. The minimum absolute atomic E-state index is 0.748. The van der Waals surface area contributed by atoms with Crippen molar-refractivity contribution < 1.29 is 0 Å². The highest BCUT2D eigenvalue weighted by Gasteiger charge is 2.12. The van der Waals surface area contributed by atoms with Crippen molar-refractivity contribution in [3.8, 4) is 11.3 Å². The van der Waals surface area contributed by atoms with Gasteiger partial charge in [-0.25, -0.2) is 0 Å². The standard InChI is InChI=1S/C18H20ClN3/c1-21(2)11-6-12-22-17-10-9-15(19)13-16(17)18(20-22)14-7-4-3-5-8-14/h3-5,7-10,13H,6,11-12H2,1-2H3. The Balaban J connectivity index is 2.03. The third-order valence-electron chi connectivity index (χ3n) is 3.73. The molecular formula is C18H20ClN3. The van der Waals surface area contributed by atoms with Crippen LogP contribution in [-0.2, 0) is 6.54 Å². The van der Waals surface area contributed by atoms with E-state index in [9.17, 15) is 0 Å². The monoisotopic (exact) mass is 313 g/mol. The number of aromatic nitrogens is 2. The summed E-state index contributed by atoms with van der Waals surface area (Å²) in [5.41, 5.74) is 3.27. The molecule has 1 aromatic heterocycles. The van der Waals surface area contributed by atoms with Crippen LogP contribution in [-0.4, -0.2) is 35.3 Å². The Bertz CT molecular complexity index is 763. The second-order valence-electron chi connectivity index (χ2n) is 5.76. The molecular weight excluding hydrogens is 294 g/mol. The molecule has 0 N–H and O–H groups in total. The lowest BCUT2D eigenvalue weighted by molar-refractivity contribution is 0.383. The van der Waals surface area contributed by atoms with Gasteiger partial charge in [0, 0.05) is 22.5 Å². The van der Waals surface area contributed by atoms with Crippen molar-refractivity contribution >= 4 is 22.5 Å². The Morgan fingerprint density at radius 1 is 1.09 bits per heavy atom. The summed E-state index contributed by atoms with van der Waals surface area (Å²) in [5.74, 6) is 0. The van der Waals surface area contributed by atoms with Gasteiger partial charge in [0.1, 0.15) is 5.69 Å². The largest absolute Gasteiger partial charge is 0.309 e. The van der Waals surface area contributed by atoms with Crippen molar-refractivity contribution in [1.82, 2.24) is 14.7 Å². The number of halogens is 1. The average molecular weight is 314 g/mol. The van der Waals surface area contributed by atoms with Crippen LogP contribution in [0.4, 0.5) is 0 Å². The van der Waals surface area contributed by atoms with Crippen molar-refractivity contribution in [3.63, 3.8) is 0 Å². The summed E-state index contributed by atoms with van der Waals surface area (Å²) in [6, 6.07) is 16.3. The molecule has 0 fully saturated rings. The summed E-state index contributed by atoms with van der Waals surface area (Å²) >= 11 is 6.19. The number of hydrogen-bond donors (Lipinski definition) is 0. The van der Waals surface area contributed by atoms with Gasteiger partial charge in [-0.15, -0.1) is 0 Å². The van der Waals surface area contributed by atoms with E-state index in [0.29, 0.717) is 0 Å². The molecule has 2 aromatic carbocycles. The van der Waals surface area contributed by atoms with Gasteiger partial charge in [-0.3, -0.25) is 4.68 Å². The zero-order valence-electron chi connectivity index (χ0n) is 13.0. The van der Waals surface area contributed by atoms with Crippen LogP contribution in [0.1, 0.15) is 6.42 Å². The van der Waals surface area contributed by atoms with Gasteiger partial charge >= 0.3 is 0 Å². The van der Waals surface area contributed by atoms with Gasteiger partial charge in [0.2, 0.25) is 0 Å². The molecule has 0 spiro atoms. The smallest absolute Gasteiger partial charge is 0.100 e. The second kappa shape index (κ2) is 6.51. The Labute approximate surface area is 136 Å². The predicted octanol–water partition coefficient (Wildman–Crippen LogP) is 4.31. The van der Waals surface area contributed by atoms with Crippen LogP contribution in [0.2, 0.25) is 5.02 Å². The third-order valence-corrected chi connectivity index (χ3v) is 3.97. The molecule has 0 saturated carbocycles. The Morgan fingerprint density at radius 2 is 1.86 bits per heavy atom. The summed E-state index contributed by atoms with van der Waals surface area (Å²) in [7, 11) is 4.19. The van der Waals surface area contributed by atoms with Crippen LogP contribution in [0.25, 0.3) is 22.2 Å². The molecule has 0 radical (unpaired) electrons. The predicted molar refractivity (Wildman–Crippen MR) is 93.4 cm³/mol. The first-order valence-electron chi connectivity index (χ1n) is 7.51.